The second-order valence-electron chi connectivity index (χ2n) is 6.68. The van der Waals surface area contributed by atoms with Crippen molar-refractivity contribution in [3.8, 4) is 0 Å². The molecule has 1 aliphatic carbocycles. The number of hydrogen-bond acceptors (Lipinski definition) is 3. The average Bonchev–Trinajstić information content (AvgIpc) is 2.59. The maximum Gasteiger partial charge on any atom is 0.224 e. The molecule has 19 heavy (non-hydrogen) atoms. The molecule has 2 rings (SSSR count). The summed E-state index contributed by atoms with van der Waals surface area (Å²) in [5.74, 6) is 0.554. The third kappa shape index (κ3) is 3.02. The van der Waals surface area contributed by atoms with E-state index in [1.54, 1.807) is 0 Å². The first-order chi connectivity index (χ1) is 8.63. The molecule has 1 aliphatic heterocycles. The van der Waals surface area contributed by atoms with Gasteiger partial charge in [-0.3, -0.25) is 4.79 Å². The van der Waals surface area contributed by atoms with Gasteiger partial charge in [0.1, 0.15) is 0 Å². The van der Waals surface area contributed by atoms with E-state index in [0.29, 0.717) is 6.42 Å². The molecule has 0 aromatic heterocycles. The lowest BCUT2D eigenvalue weighted by molar-refractivity contribution is -0.123. The molecular weight excluding hydrogens is 262 g/mol. The van der Waals surface area contributed by atoms with Crippen molar-refractivity contribution >= 4 is 15.7 Å². The number of allylic oxidation sites excluding steroid dienone is 2. The lowest BCUT2D eigenvalue weighted by Gasteiger charge is -2.11. The Morgan fingerprint density at radius 3 is 2.42 bits per heavy atom. The number of sulfone groups is 1. The van der Waals surface area contributed by atoms with Crippen molar-refractivity contribution in [2.24, 2.45) is 17.3 Å². The Bertz CT molecular complexity index is 515. The fourth-order valence-electron chi connectivity index (χ4n) is 3.05. The molecule has 0 spiro atoms. The van der Waals surface area contributed by atoms with E-state index in [1.807, 2.05) is 13.8 Å². The fourth-order valence-corrected chi connectivity index (χ4v) is 4.72. The van der Waals surface area contributed by atoms with Crippen LogP contribution in [-0.4, -0.2) is 31.9 Å². The van der Waals surface area contributed by atoms with Crippen LogP contribution in [0.4, 0.5) is 0 Å². The van der Waals surface area contributed by atoms with Crippen LogP contribution >= 0.6 is 0 Å². The molecule has 1 heterocycles. The van der Waals surface area contributed by atoms with E-state index in [0.717, 1.165) is 0 Å². The summed E-state index contributed by atoms with van der Waals surface area (Å²) >= 11 is 0. The van der Waals surface area contributed by atoms with Crippen LogP contribution in [0, 0.1) is 17.3 Å². The van der Waals surface area contributed by atoms with Crippen molar-refractivity contribution in [3.63, 3.8) is 0 Å². The summed E-state index contributed by atoms with van der Waals surface area (Å²) in [6.45, 7) is 8.25. The predicted octanol–water partition coefficient (Wildman–Crippen LogP) is 1.53. The number of carbonyl (C=O) groups is 1. The molecule has 3 atom stereocenters. The molecule has 0 aromatic carbocycles. The third-order valence-corrected chi connectivity index (χ3v) is 6.05. The van der Waals surface area contributed by atoms with Crippen molar-refractivity contribution < 1.29 is 13.2 Å². The summed E-state index contributed by atoms with van der Waals surface area (Å²) in [4.78, 5) is 12.2. The Hall–Kier alpha value is -0.840. The van der Waals surface area contributed by atoms with Crippen molar-refractivity contribution in [1.29, 1.82) is 0 Å². The molecule has 108 valence electrons. The van der Waals surface area contributed by atoms with Crippen molar-refractivity contribution in [2.45, 2.75) is 40.2 Å². The molecule has 5 heteroatoms. The summed E-state index contributed by atoms with van der Waals surface area (Å²) in [7, 11) is -2.93. The highest BCUT2D eigenvalue weighted by Gasteiger charge is 2.60. The SMILES string of the molecule is CC(C)=C[C@H]1[C@@H](C(=O)N[C@@H]2CCS(=O)(=O)C2)C1(C)C. The zero-order valence-electron chi connectivity index (χ0n) is 12.1. The minimum absolute atomic E-state index is 0.00889. The van der Waals surface area contributed by atoms with Gasteiger partial charge in [0.15, 0.2) is 9.84 Å². The third-order valence-electron chi connectivity index (χ3n) is 4.28. The van der Waals surface area contributed by atoms with Crippen LogP contribution in [-0.2, 0) is 14.6 Å². The van der Waals surface area contributed by atoms with Gasteiger partial charge >= 0.3 is 0 Å². The Morgan fingerprint density at radius 2 is 1.95 bits per heavy atom. The number of nitrogens with one attached hydrogen (secondary N) is 1. The van der Waals surface area contributed by atoms with Gasteiger partial charge in [0.05, 0.1) is 17.4 Å². The number of carbonyl (C=O) groups excluding carboxylic acids is 1. The minimum Gasteiger partial charge on any atom is -0.352 e. The molecule has 1 N–H and O–H groups in total. The maximum absolute atomic E-state index is 12.2. The van der Waals surface area contributed by atoms with E-state index >= 15 is 0 Å². The molecule has 2 aliphatic rings. The molecule has 1 saturated carbocycles. The number of rotatable bonds is 3. The van der Waals surface area contributed by atoms with Gasteiger partial charge in [0.25, 0.3) is 0 Å². The summed E-state index contributed by atoms with van der Waals surface area (Å²) in [5, 5.41) is 2.91. The van der Waals surface area contributed by atoms with Gasteiger partial charge in [-0.25, -0.2) is 8.42 Å². The van der Waals surface area contributed by atoms with Crippen molar-refractivity contribution in [3.05, 3.63) is 11.6 Å². The van der Waals surface area contributed by atoms with Gasteiger partial charge in [-0.05, 0) is 31.6 Å². The smallest absolute Gasteiger partial charge is 0.224 e. The Balaban J connectivity index is 1.97. The predicted molar refractivity (Wildman–Crippen MR) is 75.4 cm³/mol. The first-order valence-electron chi connectivity index (χ1n) is 6.79. The molecule has 0 bridgehead atoms. The standard InChI is InChI=1S/C14H23NO3S/c1-9(2)7-11-12(14(11,3)4)13(16)15-10-5-6-19(17,18)8-10/h7,10-12H,5-6,8H2,1-4H3,(H,15,16)/t10-,11+,12+/m1/s1. The largest absolute Gasteiger partial charge is 0.352 e. The fraction of sp³-hybridized carbons (Fsp3) is 0.786. The van der Waals surface area contributed by atoms with Crippen molar-refractivity contribution in [2.75, 3.05) is 11.5 Å². The Labute approximate surface area is 115 Å². The molecule has 4 nitrogen and oxygen atoms in total. The number of hydrogen-bond donors (Lipinski definition) is 1. The van der Waals surface area contributed by atoms with Crippen LogP contribution < -0.4 is 5.32 Å². The Morgan fingerprint density at radius 1 is 1.32 bits per heavy atom. The highest BCUT2D eigenvalue weighted by Crippen LogP contribution is 2.59. The van der Waals surface area contributed by atoms with E-state index in [9.17, 15) is 13.2 Å². The van der Waals surface area contributed by atoms with Crippen LogP contribution in [0.15, 0.2) is 11.6 Å². The van der Waals surface area contributed by atoms with Crippen LogP contribution in [0.1, 0.15) is 34.1 Å². The lowest BCUT2D eigenvalue weighted by Crippen LogP contribution is -2.37. The molecule has 1 amide bonds. The van der Waals surface area contributed by atoms with E-state index in [1.165, 1.54) is 5.57 Å². The van der Waals surface area contributed by atoms with Gasteiger partial charge in [-0.2, -0.15) is 0 Å². The van der Waals surface area contributed by atoms with Gasteiger partial charge in [-0.15, -0.1) is 0 Å². The summed E-state index contributed by atoms with van der Waals surface area (Å²) in [5.41, 5.74) is 1.20. The van der Waals surface area contributed by atoms with E-state index in [-0.39, 0.29) is 40.7 Å². The highest BCUT2D eigenvalue weighted by atomic mass is 32.2. The van der Waals surface area contributed by atoms with Crippen LogP contribution in [0.5, 0.6) is 0 Å². The van der Waals surface area contributed by atoms with Gasteiger partial charge in [0.2, 0.25) is 5.91 Å². The summed E-state index contributed by atoms with van der Waals surface area (Å²) in [6, 6.07) is -0.193. The van der Waals surface area contributed by atoms with Crippen LogP contribution in [0.2, 0.25) is 0 Å². The molecule has 2 fully saturated rings. The normalized spacial score (nSPS) is 34.6. The molecule has 0 radical (unpaired) electrons. The first-order valence-corrected chi connectivity index (χ1v) is 8.61. The van der Waals surface area contributed by atoms with E-state index in [4.69, 9.17) is 0 Å². The molecular formula is C14H23NO3S. The van der Waals surface area contributed by atoms with Crippen LogP contribution in [0.25, 0.3) is 0 Å². The van der Waals surface area contributed by atoms with Gasteiger partial charge in [-0.1, -0.05) is 25.5 Å². The second kappa shape index (κ2) is 4.62. The monoisotopic (exact) mass is 285 g/mol. The average molecular weight is 285 g/mol. The first kappa shape index (κ1) is 14.6. The van der Waals surface area contributed by atoms with E-state index in [2.05, 4.69) is 25.2 Å². The van der Waals surface area contributed by atoms with Gasteiger partial charge < -0.3 is 5.32 Å². The second-order valence-corrected chi connectivity index (χ2v) is 8.91. The topological polar surface area (TPSA) is 63.2 Å². The van der Waals surface area contributed by atoms with E-state index < -0.39 is 9.84 Å². The molecule has 0 unspecified atom stereocenters. The maximum atomic E-state index is 12.2. The van der Waals surface area contributed by atoms with Crippen molar-refractivity contribution in [1.82, 2.24) is 5.32 Å². The zero-order chi connectivity index (χ0) is 14.4. The van der Waals surface area contributed by atoms with Crippen LogP contribution in [0.3, 0.4) is 0 Å². The minimum atomic E-state index is -2.93. The zero-order valence-corrected chi connectivity index (χ0v) is 12.9. The molecule has 0 aromatic rings. The number of amides is 1. The van der Waals surface area contributed by atoms with Gasteiger partial charge in [0, 0.05) is 6.04 Å². The quantitative estimate of drug-likeness (QED) is 0.800. The lowest BCUT2D eigenvalue weighted by atomic mass is 10.1. The summed E-state index contributed by atoms with van der Waals surface area (Å²) in [6.07, 6.45) is 2.70. The summed E-state index contributed by atoms with van der Waals surface area (Å²) < 4.78 is 22.8. The Kier molecular flexibility index (Phi) is 3.54. The highest BCUT2D eigenvalue weighted by molar-refractivity contribution is 7.91. The molecule has 1 saturated heterocycles.